The van der Waals surface area contributed by atoms with E-state index >= 15 is 0 Å². The molecular weight excluding hydrogens is 316 g/mol. The van der Waals surface area contributed by atoms with Gasteiger partial charge in [0.2, 0.25) is 11.4 Å². The fourth-order valence-electron chi connectivity index (χ4n) is 3.52. The van der Waals surface area contributed by atoms with Gasteiger partial charge in [-0.25, -0.2) is 9.13 Å². The van der Waals surface area contributed by atoms with E-state index < -0.39 is 20.6 Å². The van der Waals surface area contributed by atoms with Crippen LogP contribution in [0.4, 0.5) is 0 Å². The maximum Gasteiger partial charge on any atom is 0.213 e. The fraction of sp³-hybridized carbons (Fsp3) is 0.333. The summed E-state index contributed by atoms with van der Waals surface area (Å²) in [5, 5.41) is 0. The average Bonchev–Trinajstić information content (AvgIpc) is 2.68. The topological polar surface area (TPSA) is 7.76 Å². The summed E-state index contributed by atoms with van der Waals surface area (Å²) in [5.74, 6) is 0. The van der Waals surface area contributed by atoms with Crippen LogP contribution in [0.5, 0.6) is 0 Å². The Morgan fingerprint density at radius 1 is 0.731 bits per heavy atom. The molecule has 0 radical (unpaired) electrons. The highest BCUT2D eigenvalue weighted by molar-refractivity contribution is 5.78. The predicted octanol–water partition coefficient (Wildman–Crippen LogP) is 4.52. The summed E-state index contributed by atoms with van der Waals surface area (Å²) >= 11 is 0. The van der Waals surface area contributed by atoms with Crippen molar-refractivity contribution in [2.45, 2.75) is 41.3 Å². The molecule has 134 valence electrons. The Bertz CT molecular complexity index is 1300. The monoisotopic (exact) mass is 355 g/mol. The Balaban J connectivity index is 2.44. The van der Waals surface area contributed by atoms with Gasteiger partial charge in [-0.3, -0.25) is 0 Å². The van der Waals surface area contributed by atoms with Crippen molar-refractivity contribution in [3.8, 4) is 22.5 Å². The molecule has 0 bridgehead atoms. The predicted molar refractivity (Wildman–Crippen MR) is 108 cm³/mol. The first kappa shape index (κ1) is 10.0. The van der Waals surface area contributed by atoms with Crippen LogP contribution in [-0.2, 0) is 14.1 Å². The number of pyridine rings is 2. The number of hydrogen-bond acceptors (Lipinski definition) is 0. The van der Waals surface area contributed by atoms with E-state index in [1.807, 2.05) is 13.8 Å². The first-order valence-corrected chi connectivity index (χ1v) is 8.50. The van der Waals surface area contributed by atoms with Crippen LogP contribution in [-0.4, -0.2) is 0 Å². The molecule has 26 heavy (non-hydrogen) atoms. The molecule has 1 aromatic carbocycles. The molecular formula is C24H30N2+2. The Hall–Kier alpha value is -2.48. The first-order valence-electron chi connectivity index (χ1n) is 13.0. The van der Waals surface area contributed by atoms with Gasteiger partial charge in [0.15, 0.2) is 12.4 Å². The number of hydrogen-bond donors (Lipinski definition) is 0. The summed E-state index contributed by atoms with van der Waals surface area (Å²) < 4.78 is 75.0. The van der Waals surface area contributed by atoms with Crippen LogP contribution in [0.3, 0.4) is 0 Å². The Morgan fingerprint density at radius 3 is 2.12 bits per heavy atom. The van der Waals surface area contributed by atoms with Gasteiger partial charge in [0, 0.05) is 36.1 Å². The van der Waals surface area contributed by atoms with Gasteiger partial charge in [-0.15, -0.1) is 0 Å². The number of aromatic nitrogens is 2. The molecule has 0 amide bonds. The molecule has 0 saturated heterocycles. The molecule has 0 aliphatic carbocycles. The lowest BCUT2D eigenvalue weighted by Crippen LogP contribution is -2.33. The molecule has 2 aromatic heterocycles. The van der Waals surface area contributed by atoms with Crippen LogP contribution in [0.25, 0.3) is 22.5 Å². The van der Waals surface area contributed by atoms with Gasteiger partial charge in [0.1, 0.15) is 14.1 Å². The molecule has 0 spiro atoms. The van der Waals surface area contributed by atoms with Gasteiger partial charge in [0.05, 0.1) is 11.1 Å². The maximum atomic E-state index is 8.20. The molecule has 0 saturated carbocycles. The molecule has 0 aliphatic heterocycles. The number of rotatable bonds is 2. The molecule has 0 N–H and O–H groups in total. The van der Waals surface area contributed by atoms with E-state index in [2.05, 4.69) is 0 Å². The van der Waals surface area contributed by atoms with Crippen LogP contribution in [0, 0.1) is 41.3 Å². The largest absolute Gasteiger partial charge is 0.213 e. The SMILES string of the molecule is [2H]C([2H])([2H])c1cc[n+](C)c(-c2c(C([2H])([2H])[2H])cc(C)c(-c3cc(C)c(C([2H])([2H])[2H])c[n+]3C)c2C)c1. The minimum Gasteiger partial charge on any atom is -0.201 e. The summed E-state index contributed by atoms with van der Waals surface area (Å²) in [5.41, 5.74) is 4.92. The molecule has 0 aliphatic rings. The van der Waals surface area contributed by atoms with Gasteiger partial charge in [-0.1, -0.05) is 6.07 Å². The quantitative estimate of drug-likeness (QED) is 0.597. The third kappa shape index (κ3) is 3.05. The van der Waals surface area contributed by atoms with Gasteiger partial charge >= 0.3 is 0 Å². The van der Waals surface area contributed by atoms with E-state index in [-0.39, 0.29) is 16.7 Å². The van der Waals surface area contributed by atoms with Crippen molar-refractivity contribution in [1.82, 2.24) is 0 Å². The molecule has 2 heteroatoms. The molecule has 2 heterocycles. The zero-order valence-corrected chi connectivity index (χ0v) is 15.9. The average molecular weight is 356 g/mol. The third-order valence-electron chi connectivity index (χ3n) is 4.92. The normalized spacial score (nSPS) is 17.7. The molecule has 0 fully saturated rings. The van der Waals surface area contributed by atoms with Gasteiger partial charge < -0.3 is 0 Å². The minimum atomic E-state index is -2.43. The highest BCUT2D eigenvalue weighted by Crippen LogP contribution is 2.35. The lowest BCUT2D eigenvalue weighted by Gasteiger charge is -2.16. The van der Waals surface area contributed by atoms with E-state index in [0.717, 1.165) is 16.8 Å². The van der Waals surface area contributed by atoms with E-state index in [9.17, 15) is 0 Å². The summed E-state index contributed by atoms with van der Waals surface area (Å²) in [6, 6.07) is 6.45. The smallest absolute Gasteiger partial charge is 0.201 e. The van der Waals surface area contributed by atoms with Gasteiger partial charge in [-0.2, -0.15) is 0 Å². The number of nitrogens with zero attached hydrogens (tertiary/aromatic N) is 2. The van der Waals surface area contributed by atoms with E-state index in [1.165, 1.54) is 12.1 Å². The van der Waals surface area contributed by atoms with Crippen LogP contribution in [0.1, 0.15) is 45.7 Å². The summed E-state index contributed by atoms with van der Waals surface area (Å²) in [6.45, 7) is -1.65. The van der Waals surface area contributed by atoms with Crippen molar-refractivity contribution in [3.05, 3.63) is 70.0 Å². The van der Waals surface area contributed by atoms with E-state index in [4.69, 9.17) is 12.3 Å². The Labute approximate surface area is 170 Å². The standard InChI is InChI=1S/C24H30N2/c1-15-9-10-25(7)21(11-15)23-17(3)12-18(4)24(20(23)6)22-13-16(2)19(5)14-26(22)8/h9-14H,1-8H3/q+2/i1D3,3D3,5D3. The van der Waals surface area contributed by atoms with Crippen molar-refractivity contribution in [3.63, 3.8) is 0 Å². The lowest BCUT2D eigenvalue weighted by atomic mass is 9.88. The van der Waals surface area contributed by atoms with Crippen LogP contribution in [0.2, 0.25) is 0 Å². The number of benzene rings is 1. The zero-order chi connectivity index (χ0) is 26.7. The van der Waals surface area contributed by atoms with Crippen molar-refractivity contribution in [2.75, 3.05) is 0 Å². The minimum absolute atomic E-state index is 0.118. The van der Waals surface area contributed by atoms with E-state index in [0.29, 0.717) is 22.4 Å². The highest BCUT2D eigenvalue weighted by Gasteiger charge is 2.24. The lowest BCUT2D eigenvalue weighted by molar-refractivity contribution is -0.660. The zero-order valence-electron chi connectivity index (χ0n) is 24.9. The molecule has 0 unspecified atom stereocenters. The molecule has 3 rings (SSSR count). The van der Waals surface area contributed by atoms with Crippen molar-refractivity contribution >= 4 is 0 Å². The third-order valence-corrected chi connectivity index (χ3v) is 4.92. The molecule has 2 nitrogen and oxygen atoms in total. The first-order chi connectivity index (χ1) is 15.8. The second kappa shape index (κ2) is 6.68. The summed E-state index contributed by atoms with van der Waals surface area (Å²) in [4.78, 5) is 0. The van der Waals surface area contributed by atoms with Crippen LogP contribution < -0.4 is 9.13 Å². The second-order valence-electron chi connectivity index (χ2n) is 6.89. The molecule has 3 aromatic rings. The summed E-state index contributed by atoms with van der Waals surface area (Å²) in [7, 11) is 3.51. The Morgan fingerprint density at radius 2 is 1.42 bits per heavy atom. The van der Waals surface area contributed by atoms with Crippen LogP contribution >= 0.6 is 0 Å². The number of aryl methyl sites for hydroxylation is 7. The van der Waals surface area contributed by atoms with Crippen molar-refractivity contribution < 1.29 is 21.5 Å². The van der Waals surface area contributed by atoms with Crippen LogP contribution in [0.15, 0.2) is 36.7 Å². The Kier molecular flexibility index (Phi) is 2.57. The maximum absolute atomic E-state index is 8.20. The fourth-order valence-corrected chi connectivity index (χ4v) is 3.52. The summed E-state index contributed by atoms with van der Waals surface area (Å²) in [6.07, 6.45) is 3.21. The van der Waals surface area contributed by atoms with Gasteiger partial charge in [0.25, 0.3) is 0 Å². The second-order valence-corrected chi connectivity index (χ2v) is 6.89. The van der Waals surface area contributed by atoms with Crippen molar-refractivity contribution in [1.29, 1.82) is 0 Å². The van der Waals surface area contributed by atoms with Gasteiger partial charge in [-0.05, 0) is 69.1 Å². The molecule has 0 atom stereocenters. The van der Waals surface area contributed by atoms with Crippen molar-refractivity contribution in [2.24, 2.45) is 14.1 Å². The highest BCUT2D eigenvalue weighted by atomic mass is 14.9. The van der Waals surface area contributed by atoms with E-state index in [1.54, 1.807) is 54.7 Å².